The van der Waals surface area contributed by atoms with E-state index in [1.54, 1.807) is 24.7 Å². The van der Waals surface area contributed by atoms with Crippen LogP contribution in [0.25, 0.3) is 0 Å². The van der Waals surface area contributed by atoms with Crippen molar-refractivity contribution < 1.29 is 9.59 Å². The highest BCUT2D eigenvalue weighted by atomic mass is 16.2. The zero-order valence-corrected chi connectivity index (χ0v) is 15.1. The third-order valence-corrected chi connectivity index (χ3v) is 5.25. The number of amides is 1. The van der Waals surface area contributed by atoms with E-state index in [-0.39, 0.29) is 23.8 Å². The van der Waals surface area contributed by atoms with E-state index >= 15 is 0 Å². The molecule has 0 saturated heterocycles. The number of carbonyl (C=O) groups excluding carboxylic acids is 2. The van der Waals surface area contributed by atoms with Gasteiger partial charge in [-0.15, -0.1) is 0 Å². The predicted octanol–water partition coefficient (Wildman–Crippen LogP) is 2.34. The fraction of sp³-hybridized carbons (Fsp3) is 0.421. The van der Waals surface area contributed by atoms with Gasteiger partial charge in [0.25, 0.3) is 0 Å². The monoisotopic (exact) mass is 351 g/mol. The molecule has 1 saturated carbocycles. The fourth-order valence-electron chi connectivity index (χ4n) is 3.60. The van der Waals surface area contributed by atoms with Crippen LogP contribution in [-0.4, -0.2) is 38.7 Å². The van der Waals surface area contributed by atoms with Crippen LogP contribution in [0.15, 0.2) is 30.7 Å². The van der Waals surface area contributed by atoms with E-state index in [0.29, 0.717) is 11.4 Å². The Morgan fingerprint density at radius 1 is 1.19 bits per heavy atom. The number of anilines is 2. The van der Waals surface area contributed by atoms with E-state index in [1.807, 2.05) is 24.8 Å². The Bertz CT molecular complexity index is 872. The van der Waals surface area contributed by atoms with E-state index in [1.165, 1.54) is 6.92 Å². The number of Topliss-reactive ketones (excluding diaryl/α,β-unsaturated/α-hetero) is 1. The topological polar surface area (TPSA) is 88.1 Å². The zero-order valence-electron chi connectivity index (χ0n) is 15.1. The second kappa shape index (κ2) is 5.86. The van der Waals surface area contributed by atoms with Crippen molar-refractivity contribution in [1.29, 1.82) is 0 Å². The van der Waals surface area contributed by atoms with Crippen molar-refractivity contribution in [3.63, 3.8) is 0 Å². The lowest BCUT2D eigenvalue weighted by Crippen LogP contribution is -2.53. The first-order valence-corrected chi connectivity index (χ1v) is 8.76. The van der Waals surface area contributed by atoms with Crippen LogP contribution in [0.4, 0.5) is 11.6 Å². The molecule has 1 amide bonds. The molecule has 3 heterocycles. The molecule has 7 heteroatoms. The second-order valence-corrected chi connectivity index (χ2v) is 7.48. The zero-order chi connectivity index (χ0) is 18.5. The van der Waals surface area contributed by atoms with Gasteiger partial charge in [0.1, 0.15) is 5.82 Å². The Kier molecular flexibility index (Phi) is 3.75. The second-order valence-electron chi connectivity index (χ2n) is 7.48. The molecule has 4 rings (SSSR count). The minimum Gasteiger partial charge on any atom is -0.367 e. The summed E-state index contributed by atoms with van der Waals surface area (Å²) in [5.41, 5.74) is 0.719. The first-order chi connectivity index (χ1) is 12.4. The van der Waals surface area contributed by atoms with Gasteiger partial charge in [-0.2, -0.15) is 0 Å². The number of carbonyl (C=O) groups is 2. The van der Waals surface area contributed by atoms with Crippen LogP contribution in [-0.2, 0) is 10.2 Å². The van der Waals surface area contributed by atoms with Crippen molar-refractivity contribution in [2.45, 2.75) is 51.1 Å². The molecule has 0 atom stereocenters. The van der Waals surface area contributed by atoms with E-state index < -0.39 is 5.41 Å². The van der Waals surface area contributed by atoms with Gasteiger partial charge in [-0.25, -0.2) is 9.97 Å². The summed E-state index contributed by atoms with van der Waals surface area (Å²) >= 11 is 0. The van der Waals surface area contributed by atoms with Gasteiger partial charge in [-0.1, -0.05) is 0 Å². The molecule has 1 aliphatic carbocycles. The smallest absolute Gasteiger partial charge is 0.240 e. The van der Waals surface area contributed by atoms with Crippen molar-refractivity contribution in [3.05, 3.63) is 42.0 Å². The summed E-state index contributed by atoms with van der Waals surface area (Å²) in [5, 5.41) is 3.36. The third-order valence-electron chi connectivity index (χ3n) is 5.25. The molecule has 2 aromatic rings. The maximum atomic E-state index is 12.9. The molecule has 0 aromatic carbocycles. The summed E-state index contributed by atoms with van der Waals surface area (Å²) in [5.74, 6) is 1.50. The number of hydrogen-bond donors (Lipinski definition) is 1. The summed E-state index contributed by atoms with van der Waals surface area (Å²) in [6.07, 6.45) is 6.51. The number of aromatic nitrogens is 3. The van der Waals surface area contributed by atoms with E-state index in [0.717, 1.165) is 24.4 Å². The first-order valence-electron chi connectivity index (χ1n) is 8.76. The Labute approximate surface area is 151 Å². The number of hydrogen-bond acceptors (Lipinski definition) is 6. The third kappa shape index (κ3) is 2.55. The summed E-state index contributed by atoms with van der Waals surface area (Å²) in [6.45, 7) is 5.32. The highest BCUT2D eigenvalue weighted by Crippen LogP contribution is 2.43. The molecule has 1 fully saturated rings. The number of ketones is 1. The van der Waals surface area contributed by atoms with Gasteiger partial charge in [0.05, 0.1) is 11.1 Å². The van der Waals surface area contributed by atoms with Crippen molar-refractivity contribution in [1.82, 2.24) is 15.0 Å². The van der Waals surface area contributed by atoms with Crippen LogP contribution < -0.4 is 10.2 Å². The molecular formula is C19H21N5O2. The van der Waals surface area contributed by atoms with Crippen LogP contribution in [0.2, 0.25) is 0 Å². The standard InChI is InChI=1S/C19H21N5O2/c1-11(25)12-4-5-15(22-10-12)23-13-8-14(9-13)24-17-16(20-6-7-21-17)19(2,3)18(24)26/h4-7,10,13-14H,8-9H2,1-3H3,(H,22,23)/t13-,14-. The number of nitrogens with zero attached hydrogens (tertiary/aromatic N) is 4. The van der Waals surface area contributed by atoms with Crippen molar-refractivity contribution in [2.75, 3.05) is 10.2 Å². The van der Waals surface area contributed by atoms with Crippen LogP contribution in [0.1, 0.15) is 49.7 Å². The first kappa shape index (κ1) is 16.6. The largest absolute Gasteiger partial charge is 0.367 e. The molecule has 0 unspecified atom stereocenters. The molecule has 26 heavy (non-hydrogen) atoms. The maximum absolute atomic E-state index is 12.9. The van der Waals surface area contributed by atoms with Gasteiger partial charge in [0.2, 0.25) is 5.91 Å². The molecule has 2 aliphatic rings. The van der Waals surface area contributed by atoms with E-state index in [2.05, 4.69) is 20.3 Å². The predicted molar refractivity (Wildman–Crippen MR) is 97.2 cm³/mol. The maximum Gasteiger partial charge on any atom is 0.240 e. The lowest BCUT2D eigenvalue weighted by Gasteiger charge is -2.41. The van der Waals surface area contributed by atoms with Gasteiger partial charge in [-0.3, -0.25) is 19.5 Å². The van der Waals surface area contributed by atoms with Gasteiger partial charge >= 0.3 is 0 Å². The summed E-state index contributed by atoms with van der Waals surface area (Å²) in [6, 6.07) is 3.95. The molecule has 2 aromatic heterocycles. The average Bonchev–Trinajstić information content (AvgIpc) is 2.79. The van der Waals surface area contributed by atoms with Crippen LogP contribution >= 0.6 is 0 Å². The van der Waals surface area contributed by atoms with Crippen molar-refractivity contribution >= 4 is 23.3 Å². The fourth-order valence-corrected chi connectivity index (χ4v) is 3.60. The van der Waals surface area contributed by atoms with Crippen LogP contribution in [0.5, 0.6) is 0 Å². The summed E-state index contributed by atoms with van der Waals surface area (Å²) < 4.78 is 0. The highest BCUT2D eigenvalue weighted by Gasteiger charge is 2.51. The number of fused-ring (bicyclic) bond motifs is 1. The van der Waals surface area contributed by atoms with E-state index in [4.69, 9.17) is 0 Å². The minimum atomic E-state index is -0.633. The number of pyridine rings is 1. The average molecular weight is 351 g/mol. The summed E-state index contributed by atoms with van der Waals surface area (Å²) in [7, 11) is 0. The Morgan fingerprint density at radius 2 is 1.92 bits per heavy atom. The highest BCUT2D eigenvalue weighted by molar-refractivity contribution is 6.06. The van der Waals surface area contributed by atoms with Crippen molar-refractivity contribution in [3.8, 4) is 0 Å². The van der Waals surface area contributed by atoms with E-state index in [9.17, 15) is 9.59 Å². The molecule has 1 N–H and O–H groups in total. The van der Waals surface area contributed by atoms with Crippen molar-refractivity contribution in [2.24, 2.45) is 0 Å². The molecule has 134 valence electrons. The molecule has 0 spiro atoms. The SMILES string of the molecule is CC(=O)c1ccc(N[C@H]2C[C@H](N3C(=O)C(C)(C)c4nccnc43)C2)nc1. The normalized spacial score (nSPS) is 23.3. The molecule has 0 bridgehead atoms. The van der Waals surface area contributed by atoms with Gasteiger partial charge in [-0.05, 0) is 45.7 Å². The Hall–Kier alpha value is -2.83. The van der Waals surface area contributed by atoms with Gasteiger partial charge < -0.3 is 5.32 Å². The lowest BCUT2D eigenvalue weighted by molar-refractivity contribution is -0.123. The molecule has 1 aliphatic heterocycles. The van der Waals surface area contributed by atoms with Gasteiger partial charge in [0, 0.05) is 36.2 Å². The Balaban J connectivity index is 1.44. The summed E-state index contributed by atoms with van der Waals surface area (Å²) in [4.78, 5) is 39.1. The lowest BCUT2D eigenvalue weighted by atomic mass is 9.84. The Morgan fingerprint density at radius 3 is 2.58 bits per heavy atom. The minimum absolute atomic E-state index is 0.00249. The molecule has 7 nitrogen and oxygen atoms in total. The number of rotatable bonds is 4. The molecular weight excluding hydrogens is 330 g/mol. The van der Waals surface area contributed by atoms with Crippen LogP contribution in [0.3, 0.4) is 0 Å². The number of nitrogens with one attached hydrogen (secondary N) is 1. The van der Waals surface area contributed by atoms with Crippen LogP contribution in [0, 0.1) is 0 Å². The molecule has 0 radical (unpaired) electrons. The van der Waals surface area contributed by atoms with Gasteiger partial charge in [0.15, 0.2) is 11.6 Å². The quantitative estimate of drug-likeness (QED) is 0.851.